The molecule has 6 nitrogen and oxygen atoms in total. The van der Waals surface area contributed by atoms with Crippen LogP contribution < -0.4 is 11.1 Å². The zero-order valence-electron chi connectivity index (χ0n) is 17.1. The molecule has 6 heteroatoms. The van der Waals surface area contributed by atoms with E-state index in [-0.39, 0.29) is 23.8 Å². The smallest absolute Gasteiger partial charge is 0.246 e. The monoisotopic (exact) mass is 394 g/mol. The minimum absolute atomic E-state index is 0.0689. The van der Waals surface area contributed by atoms with Crippen molar-refractivity contribution < 1.29 is 9.59 Å². The maximum absolute atomic E-state index is 13.5. The van der Waals surface area contributed by atoms with Crippen molar-refractivity contribution in [3.8, 4) is 0 Å². The number of hydrogen-bond donors (Lipinski definition) is 2. The molecule has 1 saturated heterocycles. The van der Waals surface area contributed by atoms with Crippen molar-refractivity contribution in [1.82, 2.24) is 15.2 Å². The molecule has 0 aliphatic carbocycles. The minimum atomic E-state index is -0.740. The highest BCUT2D eigenvalue weighted by molar-refractivity contribution is 6.00. The highest BCUT2D eigenvalue weighted by atomic mass is 16.2. The average molecular weight is 395 g/mol. The first-order valence-electron chi connectivity index (χ1n) is 10.3. The van der Waals surface area contributed by atoms with Gasteiger partial charge in [0.25, 0.3) is 0 Å². The maximum Gasteiger partial charge on any atom is 0.246 e. The van der Waals surface area contributed by atoms with Gasteiger partial charge in [-0.2, -0.15) is 0 Å². The van der Waals surface area contributed by atoms with Gasteiger partial charge >= 0.3 is 0 Å². The van der Waals surface area contributed by atoms with Gasteiger partial charge in [-0.3, -0.25) is 19.5 Å². The third-order valence-corrected chi connectivity index (χ3v) is 5.46. The topological polar surface area (TPSA) is 88.3 Å². The van der Waals surface area contributed by atoms with Gasteiger partial charge in [0.05, 0.1) is 18.1 Å². The number of nitrogens with two attached hydrogens (primary N) is 1. The first kappa shape index (κ1) is 21.1. The third kappa shape index (κ3) is 5.08. The average Bonchev–Trinajstić information content (AvgIpc) is 3.28. The van der Waals surface area contributed by atoms with E-state index in [4.69, 9.17) is 5.73 Å². The number of amides is 2. The van der Waals surface area contributed by atoms with Crippen molar-refractivity contribution in [2.24, 2.45) is 11.7 Å². The molecule has 0 saturated carbocycles. The number of carbonyl (C=O) groups excluding carboxylic acids is 2. The molecule has 3 N–H and O–H groups in total. The van der Waals surface area contributed by atoms with Gasteiger partial charge in [-0.1, -0.05) is 50.2 Å². The molecule has 3 rings (SSSR count). The molecule has 1 aromatic heterocycles. The Morgan fingerprint density at radius 1 is 1.17 bits per heavy atom. The van der Waals surface area contributed by atoms with Crippen LogP contribution in [0, 0.1) is 5.92 Å². The summed E-state index contributed by atoms with van der Waals surface area (Å²) in [4.78, 5) is 32.7. The van der Waals surface area contributed by atoms with E-state index in [0.29, 0.717) is 6.42 Å². The second-order valence-electron chi connectivity index (χ2n) is 7.92. The molecule has 29 heavy (non-hydrogen) atoms. The van der Waals surface area contributed by atoms with Gasteiger partial charge in [0.15, 0.2) is 0 Å². The minimum Gasteiger partial charge on any atom is -0.320 e. The van der Waals surface area contributed by atoms with Crippen LogP contribution in [0.25, 0.3) is 0 Å². The van der Waals surface area contributed by atoms with Gasteiger partial charge in [-0.15, -0.1) is 0 Å². The number of nitrogens with zero attached hydrogens (tertiary/aromatic N) is 2. The fraction of sp³-hybridized carbons (Fsp3) is 0.435. The van der Waals surface area contributed by atoms with Crippen LogP contribution in [-0.2, 0) is 16.0 Å². The molecule has 2 amide bonds. The normalized spacial score (nSPS) is 18.4. The Morgan fingerprint density at radius 2 is 1.90 bits per heavy atom. The van der Waals surface area contributed by atoms with Crippen molar-refractivity contribution in [3.63, 3.8) is 0 Å². The van der Waals surface area contributed by atoms with E-state index in [2.05, 4.69) is 10.3 Å². The Labute approximate surface area is 172 Å². The molecule has 154 valence electrons. The molecule has 0 spiro atoms. The van der Waals surface area contributed by atoms with Crippen molar-refractivity contribution >= 4 is 11.8 Å². The Balaban J connectivity index is 2.03. The van der Waals surface area contributed by atoms with E-state index in [0.717, 1.165) is 30.6 Å². The molecule has 0 bridgehead atoms. The number of imide groups is 1. The lowest BCUT2D eigenvalue weighted by Gasteiger charge is -2.35. The number of carbonyl (C=O) groups is 2. The first-order chi connectivity index (χ1) is 14.0. The number of aromatic nitrogens is 1. The Kier molecular flexibility index (Phi) is 7.12. The summed E-state index contributed by atoms with van der Waals surface area (Å²) < 4.78 is 0. The predicted molar refractivity (Wildman–Crippen MR) is 113 cm³/mol. The summed E-state index contributed by atoms with van der Waals surface area (Å²) in [5.74, 6) is -0.600. The van der Waals surface area contributed by atoms with Gasteiger partial charge in [-0.25, -0.2) is 0 Å². The van der Waals surface area contributed by atoms with Gasteiger partial charge in [0, 0.05) is 18.3 Å². The van der Waals surface area contributed by atoms with Crippen LogP contribution in [0.2, 0.25) is 0 Å². The van der Waals surface area contributed by atoms with Crippen LogP contribution in [0.1, 0.15) is 44.0 Å². The molecule has 1 aromatic carbocycles. The summed E-state index contributed by atoms with van der Waals surface area (Å²) in [6.45, 7) is 4.58. The summed E-state index contributed by atoms with van der Waals surface area (Å²) in [5, 5.41) is 3.23. The van der Waals surface area contributed by atoms with E-state index < -0.39 is 12.1 Å². The number of rotatable bonds is 7. The summed E-state index contributed by atoms with van der Waals surface area (Å²) in [6.07, 6.45) is 3.82. The van der Waals surface area contributed by atoms with Crippen molar-refractivity contribution in [2.75, 3.05) is 6.54 Å². The van der Waals surface area contributed by atoms with Crippen molar-refractivity contribution in [1.29, 1.82) is 0 Å². The van der Waals surface area contributed by atoms with Gasteiger partial charge in [0.2, 0.25) is 11.8 Å². The quantitative estimate of drug-likeness (QED) is 0.753. The Hall–Kier alpha value is -2.57. The lowest BCUT2D eigenvalue weighted by atomic mass is 9.96. The summed E-state index contributed by atoms with van der Waals surface area (Å²) in [6, 6.07) is 13.8. The second-order valence-corrected chi connectivity index (χ2v) is 7.92. The summed E-state index contributed by atoms with van der Waals surface area (Å²) >= 11 is 0. The largest absolute Gasteiger partial charge is 0.320 e. The molecule has 0 radical (unpaired) electrons. The molecule has 1 aliphatic rings. The fourth-order valence-corrected chi connectivity index (χ4v) is 3.68. The van der Waals surface area contributed by atoms with Crippen molar-refractivity contribution in [2.45, 2.75) is 51.2 Å². The number of nitrogens with one attached hydrogen (secondary N) is 1. The lowest BCUT2D eigenvalue weighted by molar-refractivity contribution is -0.150. The first-order valence-corrected chi connectivity index (χ1v) is 10.3. The Bertz CT molecular complexity index is 790. The third-order valence-electron chi connectivity index (χ3n) is 5.46. The van der Waals surface area contributed by atoms with Crippen LogP contribution >= 0.6 is 0 Å². The predicted octanol–water partition coefficient (Wildman–Crippen LogP) is 2.46. The SMILES string of the molecule is CC(C)[C@H](N)C(=O)N(C(=O)[C@@H]1CCCN1)[C@@H](Cc1ccccn1)c1ccccc1. The molecule has 1 aliphatic heterocycles. The molecule has 2 heterocycles. The number of hydrogen-bond acceptors (Lipinski definition) is 5. The summed E-state index contributed by atoms with van der Waals surface area (Å²) in [5.41, 5.74) is 7.95. The van der Waals surface area contributed by atoms with Crippen LogP contribution in [-0.4, -0.2) is 40.3 Å². The zero-order valence-corrected chi connectivity index (χ0v) is 17.1. The molecule has 0 unspecified atom stereocenters. The van der Waals surface area contributed by atoms with Gasteiger partial charge in [-0.05, 0) is 43.0 Å². The number of pyridine rings is 1. The van der Waals surface area contributed by atoms with E-state index >= 15 is 0 Å². The lowest BCUT2D eigenvalue weighted by Crippen LogP contribution is -2.55. The molecular formula is C23H30N4O2. The molecule has 3 atom stereocenters. The zero-order chi connectivity index (χ0) is 20.8. The second kappa shape index (κ2) is 9.76. The Morgan fingerprint density at radius 3 is 2.48 bits per heavy atom. The van der Waals surface area contributed by atoms with Crippen LogP contribution in [0.5, 0.6) is 0 Å². The number of benzene rings is 1. The van der Waals surface area contributed by atoms with Crippen LogP contribution in [0.3, 0.4) is 0 Å². The van der Waals surface area contributed by atoms with E-state index in [1.54, 1.807) is 6.20 Å². The highest BCUT2D eigenvalue weighted by Crippen LogP contribution is 2.28. The van der Waals surface area contributed by atoms with E-state index in [9.17, 15) is 9.59 Å². The highest BCUT2D eigenvalue weighted by Gasteiger charge is 2.39. The van der Waals surface area contributed by atoms with Gasteiger partial charge < -0.3 is 11.1 Å². The molecule has 2 aromatic rings. The fourth-order valence-electron chi connectivity index (χ4n) is 3.68. The van der Waals surface area contributed by atoms with Gasteiger partial charge in [0.1, 0.15) is 0 Å². The standard InChI is InChI=1S/C23H30N4O2/c1-16(2)21(24)23(29)27(22(28)19-12-8-14-26-19)20(17-9-4-3-5-10-17)15-18-11-6-7-13-25-18/h3-7,9-11,13,16,19-21,26H,8,12,14-15,24H2,1-2H3/t19-,20-,21-/m0/s1. The van der Waals surface area contributed by atoms with Crippen LogP contribution in [0.15, 0.2) is 54.7 Å². The van der Waals surface area contributed by atoms with Crippen molar-refractivity contribution in [3.05, 3.63) is 66.0 Å². The summed E-state index contributed by atoms with van der Waals surface area (Å²) in [7, 11) is 0. The molecular weight excluding hydrogens is 364 g/mol. The van der Waals surface area contributed by atoms with E-state index in [1.807, 2.05) is 62.4 Å². The maximum atomic E-state index is 13.5. The molecule has 1 fully saturated rings. The van der Waals surface area contributed by atoms with E-state index in [1.165, 1.54) is 4.90 Å². The van der Waals surface area contributed by atoms with Crippen LogP contribution in [0.4, 0.5) is 0 Å².